The van der Waals surface area contributed by atoms with Gasteiger partial charge in [-0.05, 0) is 59.2 Å². The number of hydrogen-bond acceptors (Lipinski definition) is 5. The van der Waals surface area contributed by atoms with Gasteiger partial charge in [0.25, 0.3) is 0 Å². The Kier molecular flexibility index (Phi) is 6.75. The molecule has 3 aromatic rings. The van der Waals surface area contributed by atoms with E-state index in [-0.39, 0.29) is 0 Å². The Balaban J connectivity index is 1.11. The van der Waals surface area contributed by atoms with Crippen molar-refractivity contribution in [1.82, 2.24) is 15.1 Å². The molecule has 2 aliphatic rings. The number of morpholine rings is 1. The molecule has 0 saturated carbocycles. The van der Waals surface area contributed by atoms with Crippen molar-refractivity contribution in [2.24, 2.45) is 4.99 Å². The van der Waals surface area contributed by atoms with Crippen LogP contribution in [0.25, 0.3) is 24.3 Å². The average Bonchev–Trinajstić information content (AvgIpc) is 3.52. The van der Waals surface area contributed by atoms with Crippen LogP contribution in [0.2, 0.25) is 0 Å². The zero-order valence-electron chi connectivity index (χ0n) is 18.6. The van der Waals surface area contributed by atoms with E-state index in [4.69, 9.17) is 9.47 Å². The Morgan fingerprint density at radius 3 is 2.64 bits per heavy atom. The van der Waals surface area contributed by atoms with Crippen LogP contribution in [0.3, 0.4) is 0 Å². The highest BCUT2D eigenvalue weighted by atomic mass is 16.5. The molecule has 2 aliphatic heterocycles. The monoisotopic (exact) mass is 440 g/mol. The Morgan fingerprint density at radius 2 is 1.76 bits per heavy atom. The highest BCUT2D eigenvalue weighted by Crippen LogP contribution is 2.25. The van der Waals surface area contributed by atoms with Gasteiger partial charge in [0, 0.05) is 32.3 Å². The number of nitrogens with zero attached hydrogens (tertiary/aromatic N) is 3. The number of H-pyrrole nitrogens is 1. The predicted molar refractivity (Wildman–Crippen MR) is 134 cm³/mol. The van der Waals surface area contributed by atoms with Crippen LogP contribution in [-0.2, 0) is 11.2 Å². The van der Waals surface area contributed by atoms with Crippen molar-refractivity contribution in [3.05, 3.63) is 76.6 Å². The van der Waals surface area contributed by atoms with Crippen LogP contribution in [0.15, 0.2) is 53.5 Å². The van der Waals surface area contributed by atoms with E-state index in [1.54, 1.807) is 0 Å². The molecule has 2 aromatic carbocycles. The third-order valence-corrected chi connectivity index (χ3v) is 5.82. The van der Waals surface area contributed by atoms with E-state index in [9.17, 15) is 0 Å². The van der Waals surface area contributed by atoms with Gasteiger partial charge in [0.15, 0.2) is 0 Å². The maximum Gasteiger partial charge on any atom is 0.119 e. The molecule has 1 saturated heterocycles. The van der Waals surface area contributed by atoms with Gasteiger partial charge in [-0.2, -0.15) is 5.10 Å². The van der Waals surface area contributed by atoms with E-state index in [2.05, 4.69) is 62.6 Å². The smallest absolute Gasteiger partial charge is 0.119 e. The van der Waals surface area contributed by atoms with E-state index in [1.165, 1.54) is 5.56 Å². The molecule has 168 valence electrons. The van der Waals surface area contributed by atoms with Crippen molar-refractivity contribution < 1.29 is 9.47 Å². The Labute approximate surface area is 194 Å². The van der Waals surface area contributed by atoms with Gasteiger partial charge in [-0.25, -0.2) is 0 Å². The van der Waals surface area contributed by atoms with E-state index in [1.807, 2.05) is 36.6 Å². The Bertz CT molecular complexity index is 1160. The van der Waals surface area contributed by atoms with Crippen molar-refractivity contribution in [3.8, 4) is 5.75 Å². The molecule has 6 nitrogen and oxygen atoms in total. The number of rotatable bonds is 8. The van der Waals surface area contributed by atoms with Gasteiger partial charge >= 0.3 is 0 Å². The number of fused-ring (bicyclic) bond motifs is 1. The lowest BCUT2D eigenvalue weighted by molar-refractivity contribution is 0.0322. The molecular formula is C27H28N4O2. The first-order valence-corrected chi connectivity index (χ1v) is 11.4. The largest absolute Gasteiger partial charge is 0.492 e. The molecule has 0 radical (unpaired) electrons. The number of benzene rings is 2. The fourth-order valence-electron chi connectivity index (χ4n) is 3.92. The molecule has 0 spiro atoms. The molecule has 1 fully saturated rings. The standard InChI is InChI=1S/C27H28N4O2/c1(21-3-8-26(9-4-21)33-18-15-31-13-16-32-17-14-31)6-24-20-25(30-29-24)7-2-22-5-10-27-23(19-22)11-12-28-27/h1-10,12,19-20H,11,13-18H2,(H,29,30)/b6-1+,7-2+. The van der Waals surface area contributed by atoms with Gasteiger partial charge in [-0.3, -0.25) is 15.0 Å². The van der Waals surface area contributed by atoms with E-state index in [0.29, 0.717) is 6.61 Å². The van der Waals surface area contributed by atoms with Crippen molar-refractivity contribution in [3.63, 3.8) is 0 Å². The second kappa shape index (κ2) is 10.4. The van der Waals surface area contributed by atoms with Gasteiger partial charge in [-0.1, -0.05) is 30.4 Å². The first-order chi connectivity index (χ1) is 16.3. The first-order valence-electron chi connectivity index (χ1n) is 11.4. The van der Waals surface area contributed by atoms with Gasteiger partial charge in [0.1, 0.15) is 12.4 Å². The highest BCUT2D eigenvalue weighted by molar-refractivity contribution is 5.78. The maximum absolute atomic E-state index is 5.88. The predicted octanol–water partition coefficient (Wildman–Crippen LogP) is 4.72. The summed E-state index contributed by atoms with van der Waals surface area (Å²) >= 11 is 0. The summed E-state index contributed by atoms with van der Waals surface area (Å²) in [6.07, 6.45) is 11.1. The first kappa shape index (κ1) is 21.4. The van der Waals surface area contributed by atoms with E-state index >= 15 is 0 Å². The number of ether oxygens (including phenoxy) is 2. The fourth-order valence-corrected chi connectivity index (χ4v) is 3.92. The summed E-state index contributed by atoms with van der Waals surface area (Å²) in [5.74, 6) is 0.896. The van der Waals surface area contributed by atoms with Crippen LogP contribution in [0, 0.1) is 0 Å². The zero-order valence-corrected chi connectivity index (χ0v) is 18.6. The van der Waals surface area contributed by atoms with Crippen LogP contribution in [-0.4, -0.2) is 60.8 Å². The molecule has 33 heavy (non-hydrogen) atoms. The molecular weight excluding hydrogens is 412 g/mol. The molecule has 0 amide bonds. The lowest BCUT2D eigenvalue weighted by Crippen LogP contribution is -2.38. The average molecular weight is 441 g/mol. The summed E-state index contributed by atoms with van der Waals surface area (Å²) in [6, 6.07) is 16.5. The zero-order chi connectivity index (χ0) is 22.3. The molecule has 5 rings (SSSR count). The second-order valence-electron chi connectivity index (χ2n) is 8.19. The number of aromatic amines is 1. The molecule has 0 bridgehead atoms. The third-order valence-electron chi connectivity index (χ3n) is 5.82. The highest BCUT2D eigenvalue weighted by Gasteiger charge is 2.09. The Hall–Kier alpha value is -3.48. The molecule has 1 aromatic heterocycles. The molecule has 1 N–H and O–H groups in total. The fraction of sp³-hybridized carbons (Fsp3) is 0.259. The van der Waals surface area contributed by atoms with Crippen LogP contribution >= 0.6 is 0 Å². The Morgan fingerprint density at radius 1 is 0.939 bits per heavy atom. The third kappa shape index (κ3) is 5.86. The van der Waals surface area contributed by atoms with Crippen LogP contribution < -0.4 is 4.74 Å². The van der Waals surface area contributed by atoms with Gasteiger partial charge in [-0.15, -0.1) is 0 Å². The molecule has 3 heterocycles. The second-order valence-corrected chi connectivity index (χ2v) is 8.19. The summed E-state index contributed by atoms with van der Waals surface area (Å²) < 4.78 is 11.3. The SMILES string of the molecule is C1=Nc2ccc(/C=C/c3cc(/C=C/c4ccc(OCCN5CCOCC5)cc4)[nH]n3)cc2C1. The minimum atomic E-state index is 0.693. The molecule has 0 unspecified atom stereocenters. The molecule has 0 aliphatic carbocycles. The summed E-state index contributed by atoms with van der Waals surface area (Å²) in [5.41, 5.74) is 6.48. The van der Waals surface area contributed by atoms with Crippen LogP contribution in [0.4, 0.5) is 5.69 Å². The number of aliphatic imine (C=N–C) groups is 1. The quantitative estimate of drug-likeness (QED) is 0.551. The minimum Gasteiger partial charge on any atom is -0.492 e. The van der Waals surface area contributed by atoms with Crippen LogP contribution in [0.5, 0.6) is 5.75 Å². The lowest BCUT2D eigenvalue weighted by atomic mass is 10.1. The van der Waals surface area contributed by atoms with E-state index < -0.39 is 0 Å². The maximum atomic E-state index is 5.88. The number of hydrogen-bond donors (Lipinski definition) is 1. The summed E-state index contributed by atoms with van der Waals surface area (Å²) in [7, 11) is 0. The van der Waals surface area contributed by atoms with Gasteiger partial charge in [0.05, 0.1) is 30.3 Å². The normalized spacial score (nSPS) is 16.1. The lowest BCUT2D eigenvalue weighted by Gasteiger charge is -2.26. The minimum absolute atomic E-state index is 0.693. The van der Waals surface area contributed by atoms with Crippen molar-refractivity contribution >= 4 is 36.2 Å². The van der Waals surface area contributed by atoms with Gasteiger partial charge < -0.3 is 9.47 Å². The number of nitrogens with one attached hydrogen (secondary N) is 1. The topological polar surface area (TPSA) is 62.7 Å². The summed E-state index contributed by atoms with van der Waals surface area (Å²) in [4.78, 5) is 6.73. The van der Waals surface area contributed by atoms with Crippen molar-refractivity contribution in [2.75, 3.05) is 39.5 Å². The van der Waals surface area contributed by atoms with Crippen molar-refractivity contribution in [2.45, 2.75) is 6.42 Å². The van der Waals surface area contributed by atoms with Crippen molar-refractivity contribution in [1.29, 1.82) is 0 Å². The van der Waals surface area contributed by atoms with Gasteiger partial charge in [0.2, 0.25) is 0 Å². The van der Waals surface area contributed by atoms with Crippen LogP contribution in [0.1, 0.15) is 28.1 Å². The van der Waals surface area contributed by atoms with E-state index in [0.717, 1.165) is 73.2 Å². The summed E-state index contributed by atoms with van der Waals surface area (Å²) in [5, 5.41) is 7.46. The number of aromatic nitrogens is 2. The molecule has 6 heteroatoms. The summed E-state index contributed by atoms with van der Waals surface area (Å²) in [6.45, 7) is 5.24. The molecule has 0 atom stereocenters.